The first kappa shape index (κ1) is 17.8. The number of hydrogen-bond donors (Lipinski definition) is 0. The summed E-state index contributed by atoms with van der Waals surface area (Å²) in [6, 6.07) is 0. The van der Waals surface area contributed by atoms with Crippen LogP contribution in [0, 0.1) is 22.7 Å². The predicted octanol–water partition coefficient (Wildman–Crippen LogP) is 4.93. The standard InChI is InChI=1S/C23H30O3/c1-14(24)19-7-8-20-18-6-5-16-13-17(26-15(2)25)9-11-22(16,3)21(18)10-12-23(19,20)4/h5,7-8,17-18,21H,6,9-13H2,1-4H3/t17-,18-,21+,22-,23+/m0/s1. The lowest BCUT2D eigenvalue weighted by molar-refractivity contribution is -0.148. The summed E-state index contributed by atoms with van der Waals surface area (Å²) in [7, 11) is 0. The van der Waals surface area contributed by atoms with Crippen molar-refractivity contribution in [3.05, 3.63) is 34.9 Å². The van der Waals surface area contributed by atoms with Gasteiger partial charge in [0.1, 0.15) is 6.10 Å². The molecule has 4 rings (SSSR count). The first-order valence-electron chi connectivity index (χ1n) is 10.1. The summed E-state index contributed by atoms with van der Waals surface area (Å²) in [4.78, 5) is 23.5. The summed E-state index contributed by atoms with van der Waals surface area (Å²) in [5, 5.41) is 0. The second kappa shape index (κ2) is 5.94. The van der Waals surface area contributed by atoms with Crippen molar-refractivity contribution in [3.8, 4) is 0 Å². The third-order valence-electron chi connectivity index (χ3n) is 7.82. The van der Waals surface area contributed by atoms with Gasteiger partial charge < -0.3 is 4.74 Å². The van der Waals surface area contributed by atoms with E-state index in [2.05, 4.69) is 32.1 Å². The number of Topliss-reactive ketones (excluding diaryl/α,β-unsaturated/α-hetero) is 1. The number of ether oxygens (including phenoxy) is 1. The monoisotopic (exact) mass is 354 g/mol. The van der Waals surface area contributed by atoms with E-state index in [1.807, 2.05) is 0 Å². The molecule has 4 aliphatic carbocycles. The highest BCUT2D eigenvalue weighted by Gasteiger charge is 2.54. The summed E-state index contributed by atoms with van der Waals surface area (Å²) >= 11 is 0. The zero-order chi connectivity index (χ0) is 18.7. The van der Waals surface area contributed by atoms with Crippen molar-refractivity contribution >= 4 is 11.8 Å². The van der Waals surface area contributed by atoms with Gasteiger partial charge in [-0.1, -0.05) is 43.2 Å². The highest BCUT2D eigenvalue weighted by Crippen LogP contribution is 2.63. The van der Waals surface area contributed by atoms with E-state index in [-0.39, 0.29) is 28.7 Å². The summed E-state index contributed by atoms with van der Waals surface area (Å²) in [6.07, 6.45) is 13.1. The molecule has 2 saturated carbocycles. The Morgan fingerprint density at radius 3 is 2.58 bits per heavy atom. The third-order valence-corrected chi connectivity index (χ3v) is 7.82. The number of allylic oxidation sites excluding steroid dienone is 5. The molecule has 4 aliphatic rings. The van der Waals surface area contributed by atoms with Crippen LogP contribution in [0.4, 0.5) is 0 Å². The van der Waals surface area contributed by atoms with Crippen LogP contribution in [0.15, 0.2) is 34.9 Å². The molecule has 26 heavy (non-hydrogen) atoms. The van der Waals surface area contributed by atoms with Crippen LogP contribution < -0.4 is 0 Å². The van der Waals surface area contributed by atoms with Gasteiger partial charge in [-0.2, -0.15) is 0 Å². The van der Waals surface area contributed by atoms with Gasteiger partial charge in [-0.05, 0) is 56.3 Å². The minimum atomic E-state index is -0.166. The lowest BCUT2D eigenvalue weighted by atomic mass is 9.49. The Labute approximate surface area is 156 Å². The molecular formula is C23H30O3. The van der Waals surface area contributed by atoms with Gasteiger partial charge in [0, 0.05) is 24.3 Å². The van der Waals surface area contributed by atoms with Crippen LogP contribution in [0.2, 0.25) is 0 Å². The van der Waals surface area contributed by atoms with E-state index in [1.165, 1.54) is 24.5 Å². The van der Waals surface area contributed by atoms with Crippen molar-refractivity contribution in [1.82, 2.24) is 0 Å². The molecule has 0 saturated heterocycles. The largest absolute Gasteiger partial charge is 0.462 e. The molecule has 0 aromatic rings. The van der Waals surface area contributed by atoms with Crippen molar-refractivity contribution < 1.29 is 14.3 Å². The van der Waals surface area contributed by atoms with Gasteiger partial charge in [-0.3, -0.25) is 9.59 Å². The molecule has 5 atom stereocenters. The van der Waals surface area contributed by atoms with Crippen LogP contribution in [0.1, 0.15) is 66.2 Å². The number of rotatable bonds is 2. The van der Waals surface area contributed by atoms with E-state index < -0.39 is 0 Å². The molecule has 3 heteroatoms. The zero-order valence-electron chi connectivity index (χ0n) is 16.4. The Balaban J connectivity index is 1.61. The number of fused-ring (bicyclic) bond motifs is 5. The van der Waals surface area contributed by atoms with Crippen LogP contribution in [0.25, 0.3) is 0 Å². The highest BCUT2D eigenvalue weighted by atomic mass is 16.5. The summed E-state index contributed by atoms with van der Waals surface area (Å²) in [5.41, 5.74) is 4.14. The molecule has 0 N–H and O–H groups in total. The zero-order valence-corrected chi connectivity index (χ0v) is 16.4. The number of ketones is 1. The fourth-order valence-corrected chi connectivity index (χ4v) is 6.48. The van der Waals surface area contributed by atoms with Crippen molar-refractivity contribution in [3.63, 3.8) is 0 Å². The Hall–Kier alpha value is -1.64. The van der Waals surface area contributed by atoms with E-state index in [1.54, 1.807) is 6.92 Å². The second-order valence-electron chi connectivity index (χ2n) is 9.20. The third kappa shape index (κ3) is 2.46. The molecule has 0 aromatic heterocycles. The molecule has 0 aliphatic heterocycles. The second-order valence-corrected chi connectivity index (χ2v) is 9.20. The molecule has 3 nitrogen and oxygen atoms in total. The van der Waals surface area contributed by atoms with Crippen molar-refractivity contribution in [2.24, 2.45) is 22.7 Å². The lowest BCUT2D eigenvalue weighted by Crippen LogP contribution is -2.47. The quantitative estimate of drug-likeness (QED) is 0.522. The Kier molecular flexibility index (Phi) is 4.05. The average Bonchev–Trinajstić information content (AvgIpc) is 2.92. The van der Waals surface area contributed by atoms with Gasteiger partial charge in [0.05, 0.1) is 0 Å². The fourth-order valence-electron chi connectivity index (χ4n) is 6.48. The van der Waals surface area contributed by atoms with Crippen molar-refractivity contribution in [1.29, 1.82) is 0 Å². The van der Waals surface area contributed by atoms with Crippen molar-refractivity contribution in [2.45, 2.75) is 72.3 Å². The Morgan fingerprint density at radius 2 is 1.88 bits per heavy atom. The molecule has 0 amide bonds. The van der Waals surface area contributed by atoms with Crippen LogP contribution in [0.5, 0.6) is 0 Å². The molecule has 0 heterocycles. The molecule has 2 fully saturated rings. The minimum absolute atomic E-state index is 0.0499. The number of carbonyl (C=O) groups is 2. The minimum Gasteiger partial charge on any atom is -0.462 e. The first-order valence-corrected chi connectivity index (χ1v) is 10.1. The molecule has 0 radical (unpaired) electrons. The van der Waals surface area contributed by atoms with E-state index in [0.29, 0.717) is 11.8 Å². The van der Waals surface area contributed by atoms with Gasteiger partial charge in [0.25, 0.3) is 0 Å². The van der Waals surface area contributed by atoms with E-state index >= 15 is 0 Å². The molecule has 0 aromatic carbocycles. The summed E-state index contributed by atoms with van der Waals surface area (Å²) in [5.74, 6) is 1.23. The summed E-state index contributed by atoms with van der Waals surface area (Å²) in [6.45, 7) is 7.91. The average molecular weight is 354 g/mol. The van der Waals surface area contributed by atoms with Gasteiger partial charge in [-0.15, -0.1) is 0 Å². The first-order chi connectivity index (χ1) is 12.3. The topological polar surface area (TPSA) is 43.4 Å². The van der Waals surface area contributed by atoms with E-state index in [4.69, 9.17) is 4.74 Å². The van der Waals surface area contributed by atoms with Gasteiger partial charge in [-0.25, -0.2) is 0 Å². The SMILES string of the molecule is CC(=O)O[C@H]1CC[C@@]2(C)C(=CC[C@H]3C4=CC=C(C(C)=O)[C@@]4(C)CC[C@H]32)C1. The number of hydrogen-bond acceptors (Lipinski definition) is 3. The molecule has 140 valence electrons. The Morgan fingerprint density at radius 1 is 1.12 bits per heavy atom. The lowest BCUT2D eigenvalue weighted by Gasteiger charge is -2.56. The maximum Gasteiger partial charge on any atom is 0.302 e. The van der Waals surface area contributed by atoms with Crippen LogP contribution in [-0.4, -0.2) is 17.9 Å². The van der Waals surface area contributed by atoms with E-state index in [0.717, 1.165) is 37.7 Å². The van der Waals surface area contributed by atoms with Crippen LogP contribution >= 0.6 is 0 Å². The van der Waals surface area contributed by atoms with Gasteiger partial charge in [0.15, 0.2) is 5.78 Å². The normalized spacial score (nSPS) is 41.1. The van der Waals surface area contributed by atoms with Gasteiger partial charge in [0.2, 0.25) is 0 Å². The Bertz CT molecular complexity index is 755. The molecule has 0 spiro atoms. The smallest absolute Gasteiger partial charge is 0.302 e. The molecule has 0 unspecified atom stereocenters. The van der Waals surface area contributed by atoms with Gasteiger partial charge >= 0.3 is 5.97 Å². The maximum absolute atomic E-state index is 12.1. The van der Waals surface area contributed by atoms with Crippen LogP contribution in [0.3, 0.4) is 0 Å². The number of esters is 1. The number of carbonyl (C=O) groups excluding carboxylic acids is 2. The van der Waals surface area contributed by atoms with Crippen molar-refractivity contribution in [2.75, 3.05) is 0 Å². The fraction of sp³-hybridized carbons (Fsp3) is 0.652. The van der Waals surface area contributed by atoms with Crippen LogP contribution in [-0.2, 0) is 14.3 Å². The maximum atomic E-state index is 12.1. The molecule has 0 bridgehead atoms. The molecular weight excluding hydrogens is 324 g/mol. The highest BCUT2D eigenvalue weighted by molar-refractivity contribution is 5.96. The van der Waals surface area contributed by atoms with E-state index in [9.17, 15) is 9.59 Å². The predicted molar refractivity (Wildman–Crippen MR) is 101 cm³/mol. The summed E-state index contributed by atoms with van der Waals surface area (Å²) < 4.78 is 5.51.